The molecule has 1 rings (SSSR count). The highest BCUT2D eigenvalue weighted by Gasteiger charge is 2.16. The van der Waals surface area contributed by atoms with E-state index < -0.39 is 29.9 Å². The van der Waals surface area contributed by atoms with Crippen molar-refractivity contribution in [1.82, 2.24) is 0 Å². The van der Waals surface area contributed by atoms with Crippen LogP contribution >= 0.6 is 0 Å². The molecule has 0 fully saturated rings. The van der Waals surface area contributed by atoms with Crippen LogP contribution < -0.4 is 4.74 Å². The fourth-order valence-electron chi connectivity index (χ4n) is 1.16. The molecule has 0 atom stereocenters. The summed E-state index contributed by atoms with van der Waals surface area (Å²) >= 11 is 0. The minimum atomic E-state index is -0.625. The lowest BCUT2D eigenvalue weighted by molar-refractivity contribution is -0.142. The van der Waals surface area contributed by atoms with E-state index in [9.17, 15) is 19.8 Å². The molecule has 17 heavy (non-hydrogen) atoms. The van der Waals surface area contributed by atoms with Crippen LogP contribution in [0.25, 0.3) is 0 Å². The maximum absolute atomic E-state index is 11.1. The summed E-state index contributed by atoms with van der Waals surface area (Å²) in [5, 5.41) is 19.0. The number of phenols is 2. The van der Waals surface area contributed by atoms with Crippen molar-refractivity contribution in [3.05, 3.63) is 17.7 Å². The van der Waals surface area contributed by atoms with Crippen molar-refractivity contribution in [2.75, 3.05) is 13.7 Å². The van der Waals surface area contributed by atoms with Crippen molar-refractivity contribution in [1.29, 1.82) is 0 Å². The lowest BCUT2D eigenvalue weighted by Crippen LogP contribution is -2.12. The van der Waals surface area contributed by atoms with Gasteiger partial charge in [-0.3, -0.25) is 4.79 Å². The van der Waals surface area contributed by atoms with E-state index in [-0.39, 0.29) is 11.3 Å². The highest BCUT2D eigenvalue weighted by atomic mass is 16.6. The Morgan fingerprint density at radius 1 is 1.24 bits per heavy atom. The van der Waals surface area contributed by atoms with Crippen molar-refractivity contribution >= 4 is 11.8 Å². The van der Waals surface area contributed by atoms with E-state index in [0.717, 1.165) is 0 Å². The first kappa shape index (κ1) is 12.8. The molecule has 6 nitrogen and oxygen atoms in total. The van der Waals surface area contributed by atoms with Gasteiger partial charge in [-0.1, -0.05) is 0 Å². The number of ketones is 1. The van der Waals surface area contributed by atoms with Gasteiger partial charge >= 0.3 is 5.97 Å². The number of hydrogen-bond donors (Lipinski definition) is 2. The lowest BCUT2D eigenvalue weighted by Gasteiger charge is -2.09. The number of benzene rings is 1. The summed E-state index contributed by atoms with van der Waals surface area (Å²) in [4.78, 5) is 21.9. The molecule has 1 aromatic carbocycles. The van der Waals surface area contributed by atoms with Gasteiger partial charge in [-0.2, -0.15) is 0 Å². The van der Waals surface area contributed by atoms with Crippen LogP contribution in [-0.2, 0) is 9.53 Å². The molecule has 0 unspecified atom stereocenters. The van der Waals surface area contributed by atoms with Gasteiger partial charge in [0.15, 0.2) is 23.9 Å². The zero-order chi connectivity index (χ0) is 13.0. The van der Waals surface area contributed by atoms with Crippen LogP contribution in [0.5, 0.6) is 17.2 Å². The molecule has 1 aromatic rings. The predicted octanol–water partition coefficient (Wildman–Crippen LogP) is 0.852. The monoisotopic (exact) mass is 240 g/mol. The molecular formula is C11H12O6. The van der Waals surface area contributed by atoms with E-state index >= 15 is 0 Å². The van der Waals surface area contributed by atoms with Crippen molar-refractivity contribution in [3.63, 3.8) is 0 Å². The number of esters is 1. The van der Waals surface area contributed by atoms with E-state index in [1.54, 1.807) is 0 Å². The molecular weight excluding hydrogens is 228 g/mol. The summed E-state index contributed by atoms with van der Waals surface area (Å²) in [6.07, 6.45) is 0. The Bertz CT molecular complexity index is 452. The molecule has 0 amide bonds. The minimum Gasteiger partial charge on any atom is -0.504 e. The lowest BCUT2D eigenvalue weighted by atomic mass is 10.1. The van der Waals surface area contributed by atoms with Crippen LogP contribution in [0.2, 0.25) is 0 Å². The molecule has 92 valence electrons. The number of hydrogen-bond acceptors (Lipinski definition) is 6. The third-order valence-corrected chi connectivity index (χ3v) is 2.07. The Labute approximate surface area is 97.4 Å². The Morgan fingerprint density at radius 3 is 2.41 bits per heavy atom. The van der Waals surface area contributed by atoms with E-state index in [1.807, 2.05) is 0 Å². The van der Waals surface area contributed by atoms with E-state index in [1.165, 1.54) is 26.2 Å². The third-order valence-electron chi connectivity index (χ3n) is 2.07. The number of methoxy groups -OCH3 is 1. The van der Waals surface area contributed by atoms with Gasteiger partial charge in [0.2, 0.25) is 5.75 Å². The quantitative estimate of drug-likeness (QED) is 0.460. The zero-order valence-corrected chi connectivity index (χ0v) is 9.39. The van der Waals surface area contributed by atoms with Gasteiger partial charge in [-0.25, -0.2) is 4.79 Å². The van der Waals surface area contributed by atoms with Crippen LogP contribution in [-0.4, -0.2) is 35.7 Å². The molecule has 0 aromatic heterocycles. The van der Waals surface area contributed by atoms with Gasteiger partial charge in [0.1, 0.15) is 0 Å². The molecule has 0 heterocycles. The summed E-state index contributed by atoms with van der Waals surface area (Å²) in [6.45, 7) is 0.854. The zero-order valence-electron chi connectivity index (χ0n) is 9.39. The molecule has 0 bridgehead atoms. The first-order valence-corrected chi connectivity index (χ1v) is 4.72. The van der Waals surface area contributed by atoms with Crippen molar-refractivity contribution < 1.29 is 29.3 Å². The fraction of sp³-hybridized carbons (Fsp3) is 0.273. The number of ether oxygens (including phenoxy) is 2. The Morgan fingerprint density at radius 2 is 1.88 bits per heavy atom. The van der Waals surface area contributed by atoms with Gasteiger partial charge < -0.3 is 19.7 Å². The van der Waals surface area contributed by atoms with E-state index in [2.05, 4.69) is 4.74 Å². The summed E-state index contributed by atoms with van der Waals surface area (Å²) in [5.41, 5.74) is -0.0204. The molecule has 0 aliphatic rings. The maximum atomic E-state index is 11.1. The molecule has 0 saturated heterocycles. The van der Waals surface area contributed by atoms with Crippen LogP contribution in [0, 0.1) is 0 Å². The molecule has 0 radical (unpaired) electrons. The normalized spacial score (nSPS) is 9.76. The standard InChI is InChI=1S/C11H12O6/c1-6(12)7-3-4-8(11(15)10(7)14)17-5-9(13)16-2/h3-4,14-15H,5H2,1-2H3. The smallest absolute Gasteiger partial charge is 0.343 e. The van der Waals surface area contributed by atoms with Crippen LogP contribution in [0.1, 0.15) is 17.3 Å². The van der Waals surface area contributed by atoms with Gasteiger partial charge in [-0.05, 0) is 19.1 Å². The average Bonchev–Trinajstić information content (AvgIpc) is 2.30. The molecule has 2 N–H and O–H groups in total. The second-order valence-corrected chi connectivity index (χ2v) is 3.23. The number of carbonyl (C=O) groups is 2. The van der Waals surface area contributed by atoms with Gasteiger partial charge in [0.25, 0.3) is 0 Å². The largest absolute Gasteiger partial charge is 0.504 e. The molecule has 0 saturated carbocycles. The number of phenolic OH excluding ortho intramolecular Hbond substituents is 2. The summed E-state index contributed by atoms with van der Waals surface area (Å²) in [7, 11) is 1.20. The van der Waals surface area contributed by atoms with Crippen LogP contribution in [0.4, 0.5) is 0 Å². The Hall–Kier alpha value is -2.24. The first-order chi connectivity index (χ1) is 7.97. The summed E-state index contributed by atoms with van der Waals surface area (Å²) < 4.78 is 9.25. The van der Waals surface area contributed by atoms with Crippen molar-refractivity contribution in [2.45, 2.75) is 6.92 Å². The van der Waals surface area contributed by atoms with Gasteiger partial charge in [0, 0.05) is 0 Å². The van der Waals surface area contributed by atoms with Gasteiger partial charge in [0.05, 0.1) is 12.7 Å². The number of carbonyl (C=O) groups excluding carboxylic acids is 2. The summed E-state index contributed by atoms with van der Waals surface area (Å²) in [5.74, 6) is -2.27. The number of aromatic hydroxyl groups is 2. The highest BCUT2D eigenvalue weighted by molar-refractivity contribution is 5.97. The maximum Gasteiger partial charge on any atom is 0.343 e. The third kappa shape index (κ3) is 2.87. The second-order valence-electron chi connectivity index (χ2n) is 3.23. The first-order valence-electron chi connectivity index (χ1n) is 4.72. The number of Topliss-reactive ketones (excluding diaryl/α,β-unsaturated/α-hetero) is 1. The van der Waals surface area contributed by atoms with E-state index in [4.69, 9.17) is 4.74 Å². The summed E-state index contributed by atoms with van der Waals surface area (Å²) in [6, 6.07) is 2.58. The Kier molecular flexibility index (Phi) is 3.92. The topological polar surface area (TPSA) is 93.1 Å². The van der Waals surface area contributed by atoms with Crippen LogP contribution in [0.15, 0.2) is 12.1 Å². The Balaban J connectivity index is 2.93. The van der Waals surface area contributed by atoms with Crippen LogP contribution in [0.3, 0.4) is 0 Å². The SMILES string of the molecule is COC(=O)COc1ccc(C(C)=O)c(O)c1O. The number of rotatable bonds is 4. The fourth-order valence-corrected chi connectivity index (χ4v) is 1.16. The minimum absolute atomic E-state index is 0.0204. The predicted molar refractivity (Wildman–Crippen MR) is 57.3 cm³/mol. The van der Waals surface area contributed by atoms with Gasteiger partial charge in [-0.15, -0.1) is 0 Å². The second kappa shape index (κ2) is 5.20. The average molecular weight is 240 g/mol. The molecule has 6 heteroatoms. The highest BCUT2D eigenvalue weighted by Crippen LogP contribution is 2.38. The molecule has 0 spiro atoms. The van der Waals surface area contributed by atoms with Crippen molar-refractivity contribution in [2.24, 2.45) is 0 Å². The van der Waals surface area contributed by atoms with E-state index in [0.29, 0.717) is 0 Å². The molecule has 0 aliphatic carbocycles. The van der Waals surface area contributed by atoms with Crippen molar-refractivity contribution in [3.8, 4) is 17.2 Å². The molecule has 0 aliphatic heterocycles.